The van der Waals surface area contributed by atoms with E-state index in [9.17, 15) is 4.79 Å². The highest BCUT2D eigenvalue weighted by Gasteiger charge is 2.15. The fourth-order valence-electron chi connectivity index (χ4n) is 2.74. The van der Waals surface area contributed by atoms with Crippen molar-refractivity contribution in [1.29, 1.82) is 0 Å². The van der Waals surface area contributed by atoms with Gasteiger partial charge in [-0.3, -0.25) is 4.79 Å². The van der Waals surface area contributed by atoms with Crippen LogP contribution >= 0.6 is 23.4 Å². The minimum absolute atomic E-state index is 0.0870. The molecule has 0 aliphatic carbocycles. The second kappa shape index (κ2) is 9.75. The number of anilines is 1. The number of nitrogens with zero attached hydrogens (tertiary/aromatic N) is 3. The van der Waals surface area contributed by atoms with Gasteiger partial charge in [0, 0.05) is 23.7 Å². The van der Waals surface area contributed by atoms with E-state index in [1.807, 2.05) is 18.2 Å². The minimum atomic E-state index is -0.0870. The van der Waals surface area contributed by atoms with Crippen molar-refractivity contribution in [3.05, 3.63) is 71.0 Å². The number of hydrogen-bond donors (Lipinski definition) is 1. The van der Waals surface area contributed by atoms with Gasteiger partial charge in [-0.1, -0.05) is 67.5 Å². The van der Waals surface area contributed by atoms with E-state index in [1.165, 1.54) is 17.3 Å². The van der Waals surface area contributed by atoms with Gasteiger partial charge in [0.2, 0.25) is 5.91 Å². The average molecular weight is 415 g/mol. The van der Waals surface area contributed by atoms with Crippen LogP contribution in [0, 0.1) is 5.92 Å². The number of carbonyl (C=O) groups is 1. The van der Waals surface area contributed by atoms with Crippen molar-refractivity contribution < 1.29 is 4.79 Å². The van der Waals surface area contributed by atoms with Gasteiger partial charge >= 0.3 is 0 Å². The Kier molecular flexibility index (Phi) is 7.12. The molecule has 1 aromatic heterocycles. The summed E-state index contributed by atoms with van der Waals surface area (Å²) >= 11 is 7.28. The molecule has 1 heterocycles. The zero-order valence-corrected chi connectivity index (χ0v) is 17.5. The molecule has 0 saturated carbocycles. The van der Waals surface area contributed by atoms with Crippen LogP contribution in [0.25, 0.3) is 0 Å². The lowest BCUT2D eigenvalue weighted by atomic mass is 10.1. The van der Waals surface area contributed by atoms with Gasteiger partial charge in [-0.2, -0.15) is 0 Å². The third-order valence-corrected chi connectivity index (χ3v) is 5.23. The van der Waals surface area contributed by atoms with Crippen molar-refractivity contribution >= 4 is 35.0 Å². The predicted molar refractivity (Wildman–Crippen MR) is 115 cm³/mol. The molecule has 3 aromatic rings. The van der Waals surface area contributed by atoms with Gasteiger partial charge in [0.25, 0.3) is 0 Å². The van der Waals surface area contributed by atoms with Gasteiger partial charge < -0.3 is 9.88 Å². The summed E-state index contributed by atoms with van der Waals surface area (Å²) in [4.78, 5) is 12.3. The van der Waals surface area contributed by atoms with E-state index in [4.69, 9.17) is 11.6 Å². The van der Waals surface area contributed by atoms with E-state index in [-0.39, 0.29) is 11.7 Å². The van der Waals surface area contributed by atoms with Crippen LogP contribution in [0.15, 0.2) is 59.8 Å². The van der Waals surface area contributed by atoms with Crippen LogP contribution < -0.4 is 5.32 Å². The molecule has 3 rings (SSSR count). The average Bonchev–Trinajstić information content (AvgIpc) is 3.03. The Morgan fingerprint density at radius 3 is 2.50 bits per heavy atom. The maximum atomic E-state index is 12.3. The van der Waals surface area contributed by atoms with Crippen LogP contribution in [0.2, 0.25) is 5.02 Å². The Labute approximate surface area is 174 Å². The first-order valence-corrected chi connectivity index (χ1v) is 10.5. The summed E-state index contributed by atoms with van der Waals surface area (Å²) in [5, 5.41) is 13.0. The highest BCUT2D eigenvalue weighted by atomic mass is 35.5. The third-order valence-electron chi connectivity index (χ3n) is 4.01. The van der Waals surface area contributed by atoms with Gasteiger partial charge in [-0.05, 0) is 35.7 Å². The Morgan fingerprint density at radius 2 is 1.82 bits per heavy atom. The standard InChI is InChI=1S/C21H23ClN4OS/c1-15(2)13-26-19(12-16-6-4-3-5-7-16)24-25-21(26)28-14-20(27)23-18-10-8-17(22)9-11-18/h3-11,15H,12-14H2,1-2H3,(H,23,27). The van der Waals surface area contributed by atoms with Gasteiger partial charge in [0.15, 0.2) is 5.16 Å². The summed E-state index contributed by atoms with van der Waals surface area (Å²) in [7, 11) is 0. The van der Waals surface area contributed by atoms with Crippen LogP contribution in [-0.2, 0) is 17.8 Å². The number of thioether (sulfide) groups is 1. The second-order valence-corrected chi connectivity index (χ2v) is 8.29. The van der Waals surface area contributed by atoms with E-state index in [2.05, 4.69) is 46.1 Å². The van der Waals surface area contributed by atoms with E-state index in [0.717, 1.165) is 29.6 Å². The summed E-state index contributed by atoms with van der Waals surface area (Å²) in [5.74, 6) is 1.55. The zero-order valence-electron chi connectivity index (χ0n) is 15.9. The van der Waals surface area contributed by atoms with Crippen molar-refractivity contribution in [3.63, 3.8) is 0 Å². The van der Waals surface area contributed by atoms with E-state index in [1.54, 1.807) is 24.3 Å². The predicted octanol–water partition coefficient (Wildman–Crippen LogP) is 4.91. The highest BCUT2D eigenvalue weighted by molar-refractivity contribution is 7.99. The lowest BCUT2D eigenvalue weighted by Gasteiger charge is -2.12. The number of nitrogens with one attached hydrogen (secondary N) is 1. The molecule has 0 atom stereocenters. The molecule has 1 amide bonds. The molecule has 28 heavy (non-hydrogen) atoms. The first-order chi connectivity index (χ1) is 13.5. The maximum absolute atomic E-state index is 12.3. The number of rotatable bonds is 8. The van der Waals surface area contributed by atoms with Crippen molar-refractivity contribution in [1.82, 2.24) is 14.8 Å². The SMILES string of the molecule is CC(C)Cn1c(Cc2ccccc2)nnc1SCC(=O)Nc1ccc(Cl)cc1. The van der Waals surface area contributed by atoms with E-state index < -0.39 is 0 Å². The Bertz CT molecular complexity index is 910. The smallest absolute Gasteiger partial charge is 0.234 e. The molecule has 0 unspecified atom stereocenters. The first-order valence-electron chi connectivity index (χ1n) is 9.15. The van der Waals surface area contributed by atoms with Crippen LogP contribution in [0.3, 0.4) is 0 Å². The number of benzene rings is 2. The molecular weight excluding hydrogens is 392 g/mol. The number of aromatic nitrogens is 3. The van der Waals surface area contributed by atoms with Gasteiger partial charge in [-0.25, -0.2) is 0 Å². The molecule has 0 bridgehead atoms. The Balaban J connectivity index is 1.66. The molecule has 0 aliphatic rings. The molecule has 146 valence electrons. The fourth-order valence-corrected chi connectivity index (χ4v) is 3.64. The van der Waals surface area contributed by atoms with Gasteiger partial charge in [-0.15, -0.1) is 10.2 Å². The van der Waals surface area contributed by atoms with E-state index >= 15 is 0 Å². The van der Waals surface area contributed by atoms with Gasteiger partial charge in [0.1, 0.15) is 5.82 Å². The highest BCUT2D eigenvalue weighted by Crippen LogP contribution is 2.21. The number of carbonyl (C=O) groups excluding carboxylic acids is 1. The molecular formula is C21H23ClN4OS. The second-order valence-electron chi connectivity index (χ2n) is 6.91. The molecule has 1 N–H and O–H groups in total. The first kappa shape index (κ1) is 20.4. The van der Waals surface area contributed by atoms with Crippen molar-refractivity contribution in [2.24, 2.45) is 5.92 Å². The summed E-state index contributed by atoms with van der Waals surface area (Å²) < 4.78 is 2.12. The third kappa shape index (κ3) is 5.84. The molecule has 0 fully saturated rings. The summed E-state index contributed by atoms with van der Waals surface area (Å²) in [6.07, 6.45) is 0.720. The van der Waals surface area contributed by atoms with Crippen LogP contribution in [0.5, 0.6) is 0 Å². The van der Waals surface area contributed by atoms with Gasteiger partial charge in [0.05, 0.1) is 5.75 Å². The Morgan fingerprint density at radius 1 is 1.11 bits per heavy atom. The lowest BCUT2D eigenvalue weighted by Crippen LogP contribution is -2.15. The lowest BCUT2D eigenvalue weighted by molar-refractivity contribution is -0.113. The summed E-state index contributed by atoms with van der Waals surface area (Å²) in [6.45, 7) is 5.14. The molecule has 0 aliphatic heterocycles. The van der Waals surface area contributed by atoms with Crippen molar-refractivity contribution in [2.75, 3.05) is 11.1 Å². The number of halogens is 1. The molecule has 0 spiro atoms. The summed E-state index contributed by atoms with van der Waals surface area (Å²) in [5.41, 5.74) is 1.92. The van der Waals surface area contributed by atoms with Crippen LogP contribution in [0.4, 0.5) is 5.69 Å². The number of amides is 1. The molecule has 7 heteroatoms. The normalized spacial score (nSPS) is 11.0. The number of hydrogen-bond acceptors (Lipinski definition) is 4. The molecule has 0 saturated heterocycles. The van der Waals surface area contributed by atoms with Crippen LogP contribution in [0.1, 0.15) is 25.2 Å². The minimum Gasteiger partial charge on any atom is -0.325 e. The fraction of sp³-hybridized carbons (Fsp3) is 0.286. The van der Waals surface area contributed by atoms with Crippen LogP contribution in [-0.4, -0.2) is 26.4 Å². The van der Waals surface area contributed by atoms with Crippen molar-refractivity contribution in [2.45, 2.75) is 32.0 Å². The van der Waals surface area contributed by atoms with Crippen molar-refractivity contribution in [3.8, 4) is 0 Å². The molecule has 2 aromatic carbocycles. The van der Waals surface area contributed by atoms with E-state index in [0.29, 0.717) is 10.9 Å². The quantitative estimate of drug-likeness (QED) is 0.532. The Hall–Kier alpha value is -2.31. The zero-order chi connectivity index (χ0) is 19.9. The largest absolute Gasteiger partial charge is 0.325 e. The summed E-state index contributed by atoms with van der Waals surface area (Å²) in [6, 6.07) is 17.3. The topological polar surface area (TPSA) is 59.8 Å². The monoisotopic (exact) mass is 414 g/mol. The maximum Gasteiger partial charge on any atom is 0.234 e. The molecule has 5 nitrogen and oxygen atoms in total. The molecule has 0 radical (unpaired) electrons.